The topological polar surface area (TPSA) is 64.7 Å². The van der Waals surface area contributed by atoms with Crippen LogP contribution < -0.4 is 5.73 Å². The van der Waals surface area contributed by atoms with Gasteiger partial charge in [0.2, 0.25) is 0 Å². The Balaban J connectivity index is 2.17. The summed E-state index contributed by atoms with van der Waals surface area (Å²) in [4.78, 5) is 4.94. The quantitative estimate of drug-likeness (QED) is 0.912. The summed E-state index contributed by atoms with van der Waals surface area (Å²) in [5.41, 5.74) is 7.98. The van der Waals surface area contributed by atoms with Crippen molar-refractivity contribution in [2.24, 2.45) is 5.73 Å². The maximum atomic E-state index is 6.09. The molecular formula is C10H11ClN4S. The van der Waals surface area contributed by atoms with Gasteiger partial charge in [-0.25, -0.2) is 0 Å². The fraction of sp³-hybridized carbons (Fsp3) is 0.300. The fourth-order valence-corrected chi connectivity index (χ4v) is 2.32. The molecule has 0 aromatic carbocycles. The minimum atomic E-state index is -0.111. The van der Waals surface area contributed by atoms with Crippen LogP contribution in [-0.4, -0.2) is 14.6 Å². The number of nitrogens with two attached hydrogens (primary N) is 1. The molecule has 0 spiro atoms. The number of halogens is 1. The average Bonchev–Trinajstić information content (AvgIpc) is 2.68. The molecule has 16 heavy (non-hydrogen) atoms. The Labute approximate surface area is 103 Å². The second-order valence-corrected chi connectivity index (χ2v) is 4.69. The number of hydrogen-bond donors (Lipinski definition) is 1. The Hall–Kier alpha value is -1.04. The molecule has 4 nitrogen and oxygen atoms in total. The second kappa shape index (κ2) is 4.86. The van der Waals surface area contributed by atoms with Gasteiger partial charge in [0.1, 0.15) is 0 Å². The standard InChI is InChI=1S/C10H11ClN4S/c1-6-10(16-15-14-6)9(12)4-7-2-3-13-5-8(7)11/h2-3,5,9H,4,12H2,1H3. The van der Waals surface area contributed by atoms with Gasteiger partial charge in [-0.3, -0.25) is 4.98 Å². The van der Waals surface area contributed by atoms with Crippen molar-refractivity contribution in [1.82, 2.24) is 14.6 Å². The number of rotatable bonds is 3. The van der Waals surface area contributed by atoms with Crippen LogP contribution in [0.25, 0.3) is 0 Å². The SMILES string of the molecule is Cc1nnsc1C(N)Cc1ccncc1Cl. The van der Waals surface area contributed by atoms with Gasteiger partial charge in [-0.05, 0) is 36.5 Å². The molecule has 2 N–H and O–H groups in total. The number of aryl methyl sites for hydroxylation is 1. The molecule has 0 radical (unpaired) electrons. The lowest BCUT2D eigenvalue weighted by atomic mass is 10.1. The highest BCUT2D eigenvalue weighted by Gasteiger charge is 2.14. The smallest absolute Gasteiger partial charge is 0.0772 e. The maximum absolute atomic E-state index is 6.09. The van der Waals surface area contributed by atoms with Crippen molar-refractivity contribution < 1.29 is 0 Å². The van der Waals surface area contributed by atoms with Crippen LogP contribution in [0.2, 0.25) is 5.02 Å². The molecule has 0 aliphatic rings. The first-order valence-electron chi connectivity index (χ1n) is 4.81. The summed E-state index contributed by atoms with van der Waals surface area (Å²) < 4.78 is 3.87. The van der Waals surface area contributed by atoms with Gasteiger partial charge in [-0.1, -0.05) is 16.1 Å². The number of aromatic nitrogens is 3. The Kier molecular flexibility index (Phi) is 3.48. The predicted molar refractivity (Wildman–Crippen MR) is 64.5 cm³/mol. The lowest BCUT2D eigenvalue weighted by Gasteiger charge is -2.10. The zero-order chi connectivity index (χ0) is 11.5. The highest BCUT2D eigenvalue weighted by molar-refractivity contribution is 7.05. The molecule has 1 atom stereocenters. The number of hydrogen-bond acceptors (Lipinski definition) is 5. The van der Waals surface area contributed by atoms with Crippen LogP contribution in [0.1, 0.15) is 22.2 Å². The van der Waals surface area contributed by atoms with E-state index in [1.165, 1.54) is 11.5 Å². The molecule has 2 aromatic heterocycles. The van der Waals surface area contributed by atoms with Gasteiger partial charge in [0.05, 0.1) is 15.6 Å². The molecule has 0 fully saturated rings. The van der Waals surface area contributed by atoms with Crippen LogP contribution in [0, 0.1) is 6.92 Å². The largest absolute Gasteiger partial charge is 0.323 e. The summed E-state index contributed by atoms with van der Waals surface area (Å²) >= 11 is 7.36. The van der Waals surface area contributed by atoms with Crippen molar-refractivity contribution >= 4 is 23.1 Å². The Morgan fingerprint density at radius 1 is 1.56 bits per heavy atom. The lowest BCUT2D eigenvalue weighted by Crippen LogP contribution is -2.13. The normalized spacial score (nSPS) is 12.7. The zero-order valence-electron chi connectivity index (χ0n) is 8.72. The summed E-state index contributed by atoms with van der Waals surface area (Å²) in [6.07, 6.45) is 4.01. The van der Waals surface area contributed by atoms with Crippen LogP contribution in [-0.2, 0) is 6.42 Å². The van der Waals surface area contributed by atoms with Crippen LogP contribution in [0.5, 0.6) is 0 Å². The van der Waals surface area contributed by atoms with E-state index in [1.54, 1.807) is 12.4 Å². The van der Waals surface area contributed by atoms with Crippen LogP contribution in [0.15, 0.2) is 18.5 Å². The van der Waals surface area contributed by atoms with E-state index >= 15 is 0 Å². The summed E-state index contributed by atoms with van der Waals surface area (Å²) in [6.45, 7) is 1.91. The molecule has 0 saturated carbocycles. The molecule has 0 aliphatic heterocycles. The first kappa shape index (κ1) is 11.4. The third kappa shape index (κ3) is 2.37. The van der Waals surface area contributed by atoms with Crippen molar-refractivity contribution in [2.45, 2.75) is 19.4 Å². The van der Waals surface area contributed by atoms with E-state index in [-0.39, 0.29) is 6.04 Å². The van der Waals surface area contributed by atoms with Gasteiger partial charge in [-0.15, -0.1) is 5.10 Å². The van der Waals surface area contributed by atoms with E-state index in [0.29, 0.717) is 11.4 Å². The minimum absolute atomic E-state index is 0.111. The fourth-order valence-electron chi connectivity index (χ4n) is 1.48. The highest BCUT2D eigenvalue weighted by atomic mass is 35.5. The summed E-state index contributed by atoms with van der Waals surface area (Å²) in [5, 5.41) is 4.59. The van der Waals surface area contributed by atoms with Gasteiger partial charge in [-0.2, -0.15) is 0 Å². The lowest BCUT2D eigenvalue weighted by molar-refractivity contribution is 0.727. The van der Waals surface area contributed by atoms with E-state index in [2.05, 4.69) is 14.6 Å². The number of nitrogens with zero attached hydrogens (tertiary/aromatic N) is 3. The first-order chi connectivity index (χ1) is 7.68. The monoisotopic (exact) mass is 254 g/mol. The predicted octanol–water partition coefficient (Wildman–Crippen LogP) is 2.14. The van der Waals surface area contributed by atoms with Gasteiger partial charge in [0, 0.05) is 18.4 Å². The molecule has 0 amide bonds. The Bertz CT molecular complexity index is 485. The molecule has 6 heteroatoms. The van der Waals surface area contributed by atoms with Crippen LogP contribution in [0.4, 0.5) is 0 Å². The van der Waals surface area contributed by atoms with Crippen molar-refractivity contribution in [3.63, 3.8) is 0 Å². The molecule has 0 aliphatic carbocycles. The number of pyridine rings is 1. The third-order valence-corrected chi connectivity index (χ3v) is 3.62. The maximum Gasteiger partial charge on any atom is 0.0772 e. The minimum Gasteiger partial charge on any atom is -0.323 e. The van der Waals surface area contributed by atoms with Gasteiger partial charge in [0.25, 0.3) is 0 Å². The zero-order valence-corrected chi connectivity index (χ0v) is 10.3. The average molecular weight is 255 g/mol. The Morgan fingerprint density at radius 3 is 3.00 bits per heavy atom. The van der Waals surface area contributed by atoms with E-state index in [1.807, 2.05) is 13.0 Å². The van der Waals surface area contributed by atoms with E-state index in [0.717, 1.165) is 16.1 Å². The molecule has 2 rings (SSSR count). The van der Waals surface area contributed by atoms with Gasteiger partial charge in [0.15, 0.2) is 0 Å². The van der Waals surface area contributed by atoms with E-state index in [4.69, 9.17) is 17.3 Å². The van der Waals surface area contributed by atoms with Gasteiger partial charge >= 0.3 is 0 Å². The molecule has 2 heterocycles. The molecule has 0 saturated heterocycles. The second-order valence-electron chi connectivity index (χ2n) is 3.50. The van der Waals surface area contributed by atoms with Crippen LogP contribution >= 0.6 is 23.1 Å². The molecule has 1 unspecified atom stereocenters. The highest BCUT2D eigenvalue weighted by Crippen LogP contribution is 2.24. The molecule has 2 aromatic rings. The van der Waals surface area contributed by atoms with Crippen LogP contribution in [0.3, 0.4) is 0 Å². The van der Waals surface area contributed by atoms with Crippen molar-refractivity contribution in [3.05, 3.63) is 39.6 Å². The first-order valence-corrected chi connectivity index (χ1v) is 5.96. The summed E-state index contributed by atoms with van der Waals surface area (Å²) in [7, 11) is 0. The molecular weight excluding hydrogens is 244 g/mol. The summed E-state index contributed by atoms with van der Waals surface area (Å²) in [6, 6.07) is 1.77. The van der Waals surface area contributed by atoms with Crippen molar-refractivity contribution in [3.8, 4) is 0 Å². The van der Waals surface area contributed by atoms with Crippen molar-refractivity contribution in [1.29, 1.82) is 0 Å². The summed E-state index contributed by atoms with van der Waals surface area (Å²) in [5.74, 6) is 0. The van der Waals surface area contributed by atoms with E-state index in [9.17, 15) is 0 Å². The Morgan fingerprint density at radius 2 is 2.38 bits per heavy atom. The molecule has 0 bridgehead atoms. The van der Waals surface area contributed by atoms with Crippen molar-refractivity contribution in [2.75, 3.05) is 0 Å². The molecule has 84 valence electrons. The van der Waals surface area contributed by atoms with E-state index < -0.39 is 0 Å². The van der Waals surface area contributed by atoms with Gasteiger partial charge < -0.3 is 5.73 Å². The third-order valence-electron chi connectivity index (χ3n) is 2.32.